The molecule has 168 valence electrons. The van der Waals surface area contributed by atoms with Gasteiger partial charge in [-0.15, -0.1) is 0 Å². The summed E-state index contributed by atoms with van der Waals surface area (Å²) < 4.78 is 13.9. The van der Waals surface area contributed by atoms with Crippen LogP contribution in [0.2, 0.25) is 0 Å². The zero-order chi connectivity index (χ0) is 23.2. The number of hydrogen-bond acceptors (Lipinski definition) is 6. The molecule has 4 aromatic rings. The number of rotatable bonds is 8. The van der Waals surface area contributed by atoms with E-state index in [-0.39, 0.29) is 5.69 Å². The molecule has 1 heterocycles. The van der Waals surface area contributed by atoms with Crippen LogP contribution in [0.3, 0.4) is 0 Å². The summed E-state index contributed by atoms with van der Waals surface area (Å²) in [5.41, 5.74) is 0.999. The number of aromatic nitrogens is 1. The van der Waals surface area contributed by atoms with E-state index in [2.05, 4.69) is 4.99 Å². The lowest BCUT2D eigenvalue weighted by Crippen LogP contribution is -2.19. The summed E-state index contributed by atoms with van der Waals surface area (Å²) in [6, 6.07) is 20.7. The zero-order valence-corrected chi connectivity index (χ0v) is 18.7. The molecule has 4 rings (SSSR count). The number of thiazole rings is 1. The van der Waals surface area contributed by atoms with Crippen molar-refractivity contribution in [3.63, 3.8) is 0 Å². The third-order valence-electron chi connectivity index (χ3n) is 4.80. The van der Waals surface area contributed by atoms with E-state index in [1.807, 2.05) is 37.3 Å². The van der Waals surface area contributed by atoms with E-state index in [1.165, 1.54) is 23.5 Å². The lowest BCUT2D eigenvalue weighted by atomic mass is 10.2. The molecule has 1 aromatic heterocycles. The maximum absolute atomic E-state index is 13.0. The van der Waals surface area contributed by atoms with Gasteiger partial charge in [-0.3, -0.25) is 14.9 Å². The first-order chi connectivity index (χ1) is 16.0. The molecule has 0 saturated carbocycles. The number of nitrogens with zero attached hydrogens (tertiary/aromatic N) is 3. The molecule has 0 spiro atoms. The van der Waals surface area contributed by atoms with E-state index in [9.17, 15) is 14.9 Å². The Bertz CT molecular complexity index is 1360. The molecular weight excluding hydrogens is 442 g/mol. The average Bonchev–Trinajstić information content (AvgIpc) is 3.16. The molecule has 0 aliphatic heterocycles. The van der Waals surface area contributed by atoms with Crippen LogP contribution in [0.25, 0.3) is 10.2 Å². The van der Waals surface area contributed by atoms with Gasteiger partial charge < -0.3 is 14.0 Å². The smallest absolute Gasteiger partial charge is 0.279 e. The largest absolute Gasteiger partial charge is 0.457 e. The molecule has 0 aliphatic carbocycles. The number of carbonyl (C=O) groups is 1. The molecular formula is C24H21N3O5S. The van der Waals surface area contributed by atoms with Crippen molar-refractivity contribution in [2.75, 3.05) is 13.2 Å². The molecule has 33 heavy (non-hydrogen) atoms. The molecule has 8 nitrogen and oxygen atoms in total. The Balaban J connectivity index is 1.70. The molecule has 0 unspecified atom stereocenters. The number of hydrogen-bond donors (Lipinski definition) is 0. The highest BCUT2D eigenvalue weighted by Gasteiger charge is 2.14. The Morgan fingerprint density at radius 3 is 2.61 bits per heavy atom. The van der Waals surface area contributed by atoms with Crippen LogP contribution >= 0.6 is 11.3 Å². The third-order valence-corrected chi connectivity index (χ3v) is 5.86. The van der Waals surface area contributed by atoms with Gasteiger partial charge in [-0.05, 0) is 43.3 Å². The molecule has 9 heteroatoms. The number of para-hydroxylation sites is 1. The van der Waals surface area contributed by atoms with Gasteiger partial charge in [-0.1, -0.05) is 35.6 Å². The van der Waals surface area contributed by atoms with Crippen molar-refractivity contribution in [1.82, 2.24) is 4.57 Å². The van der Waals surface area contributed by atoms with E-state index >= 15 is 0 Å². The molecule has 0 atom stereocenters. The fourth-order valence-corrected chi connectivity index (χ4v) is 4.28. The molecule has 0 radical (unpaired) electrons. The van der Waals surface area contributed by atoms with E-state index in [0.29, 0.717) is 47.1 Å². The van der Waals surface area contributed by atoms with Gasteiger partial charge in [0.05, 0.1) is 21.7 Å². The summed E-state index contributed by atoms with van der Waals surface area (Å²) in [5, 5.41) is 11.2. The highest BCUT2D eigenvalue weighted by Crippen LogP contribution is 2.24. The summed E-state index contributed by atoms with van der Waals surface area (Å²) in [7, 11) is 0. The Morgan fingerprint density at radius 1 is 1.06 bits per heavy atom. The van der Waals surface area contributed by atoms with Gasteiger partial charge in [0.15, 0.2) is 4.80 Å². The van der Waals surface area contributed by atoms with Crippen LogP contribution in [-0.2, 0) is 11.3 Å². The fraction of sp³-hybridized carbons (Fsp3) is 0.167. The van der Waals surface area contributed by atoms with E-state index in [0.717, 1.165) is 4.70 Å². The second kappa shape index (κ2) is 10.2. The number of nitro benzene ring substituents is 1. The predicted octanol–water partition coefficient (Wildman–Crippen LogP) is 5.18. The lowest BCUT2D eigenvalue weighted by Gasteiger charge is -2.07. The number of carbonyl (C=O) groups excluding carboxylic acids is 1. The standard InChI is InChI=1S/C24H21N3O5S/c1-2-31-14-13-26-21-16-18(27(29)30)11-12-22(21)33-24(26)25-23(28)17-7-6-10-20(15-17)32-19-8-4-3-5-9-19/h3-12,15-16H,2,13-14H2,1H3. The normalized spacial score (nSPS) is 11.6. The van der Waals surface area contributed by atoms with Crippen molar-refractivity contribution in [2.24, 2.45) is 4.99 Å². The summed E-state index contributed by atoms with van der Waals surface area (Å²) in [5.74, 6) is 0.761. The van der Waals surface area contributed by atoms with E-state index in [1.54, 1.807) is 34.9 Å². The Labute approximate surface area is 193 Å². The van der Waals surface area contributed by atoms with Gasteiger partial charge in [0.25, 0.3) is 11.6 Å². The molecule has 0 bridgehead atoms. The number of nitro groups is 1. The monoisotopic (exact) mass is 463 g/mol. The summed E-state index contributed by atoms with van der Waals surface area (Å²) in [4.78, 5) is 28.6. The second-order valence-electron chi connectivity index (χ2n) is 7.00. The SMILES string of the molecule is CCOCCn1c(=NC(=O)c2cccc(Oc3ccccc3)c2)sc2ccc([N+](=O)[O-])cc21. The maximum Gasteiger partial charge on any atom is 0.279 e. The van der Waals surface area contributed by atoms with Crippen molar-refractivity contribution in [2.45, 2.75) is 13.5 Å². The first-order valence-corrected chi connectivity index (χ1v) is 11.1. The molecule has 1 amide bonds. The Hall–Kier alpha value is -3.82. The summed E-state index contributed by atoms with van der Waals surface area (Å²) in [6.45, 7) is 3.24. The number of fused-ring (bicyclic) bond motifs is 1. The van der Waals surface area contributed by atoms with Crippen molar-refractivity contribution < 1.29 is 19.2 Å². The highest BCUT2D eigenvalue weighted by atomic mass is 32.1. The van der Waals surface area contributed by atoms with Crippen molar-refractivity contribution in [1.29, 1.82) is 0 Å². The predicted molar refractivity (Wildman–Crippen MR) is 126 cm³/mol. The second-order valence-corrected chi connectivity index (χ2v) is 8.01. The fourth-order valence-electron chi connectivity index (χ4n) is 3.24. The first-order valence-electron chi connectivity index (χ1n) is 10.3. The van der Waals surface area contributed by atoms with Gasteiger partial charge in [0.2, 0.25) is 0 Å². The molecule has 0 saturated heterocycles. The summed E-state index contributed by atoms with van der Waals surface area (Å²) >= 11 is 1.30. The minimum atomic E-state index is -0.440. The number of non-ortho nitro benzene ring substituents is 1. The minimum absolute atomic E-state index is 0.0194. The van der Waals surface area contributed by atoms with Gasteiger partial charge >= 0.3 is 0 Å². The minimum Gasteiger partial charge on any atom is -0.457 e. The van der Waals surface area contributed by atoms with Crippen LogP contribution in [0.5, 0.6) is 11.5 Å². The topological polar surface area (TPSA) is 96.0 Å². The Morgan fingerprint density at radius 2 is 1.85 bits per heavy atom. The third kappa shape index (κ3) is 5.33. The van der Waals surface area contributed by atoms with Crippen molar-refractivity contribution in [3.8, 4) is 11.5 Å². The molecule has 3 aromatic carbocycles. The molecule has 0 aliphatic rings. The van der Waals surface area contributed by atoms with Gasteiger partial charge in [0.1, 0.15) is 11.5 Å². The van der Waals surface area contributed by atoms with Crippen LogP contribution in [0.1, 0.15) is 17.3 Å². The van der Waals surface area contributed by atoms with Crippen LogP contribution in [-0.4, -0.2) is 28.6 Å². The zero-order valence-electron chi connectivity index (χ0n) is 17.8. The first kappa shape index (κ1) is 22.4. The van der Waals surface area contributed by atoms with E-state index in [4.69, 9.17) is 9.47 Å². The van der Waals surface area contributed by atoms with Crippen LogP contribution in [0.4, 0.5) is 5.69 Å². The van der Waals surface area contributed by atoms with Crippen molar-refractivity contribution in [3.05, 3.63) is 93.3 Å². The molecule has 0 N–H and O–H groups in total. The van der Waals surface area contributed by atoms with Crippen LogP contribution < -0.4 is 9.54 Å². The number of ether oxygens (including phenoxy) is 2. The highest BCUT2D eigenvalue weighted by molar-refractivity contribution is 7.16. The lowest BCUT2D eigenvalue weighted by molar-refractivity contribution is -0.384. The van der Waals surface area contributed by atoms with Crippen LogP contribution in [0.15, 0.2) is 77.8 Å². The number of amides is 1. The number of benzene rings is 3. The van der Waals surface area contributed by atoms with Crippen LogP contribution in [0, 0.1) is 10.1 Å². The van der Waals surface area contributed by atoms with E-state index < -0.39 is 10.8 Å². The van der Waals surface area contributed by atoms with Gasteiger partial charge in [-0.25, -0.2) is 0 Å². The van der Waals surface area contributed by atoms with Crippen molar-refractivity contribution >= 4 is 33.1 Å². The quantitative estimate of drug-likeness (QED) is 0.204. The molecule has 0 fully saturated rings. The average molecular weight is 464 g/mol. The maximum atomic E-state index is 13.0. The Kier molecular flexibility index (Phi) is 6.92. The van der Waals surface area contributed by atoms with Gasteiger partial charge in [-0.2, -0.15) is 4.99 Å². The van der Waals surface area contributed by atoms with Gasteiger partial charge in [0, 0.05) is 30.8 Å². The summed E-state index contributed by atoms with van der Waals surface area (Å²) in [6.07, 6.45) is 0.